The molecule has 0 bridgehead atoms. The molecule has 3 heteroatoms. The number of halogens is 1. The van der Waals surface area contributed by atoms with E-state index in [4.69, 9.17) is 16.3 Å². The predicted molar refractivity (Wildman–Crippen MR) is 53.3 cm³/mol. The van der Waals surface area contributed by atoms with E-state index < -0.39 is 0 Å². The first-order chi connectivity index (χ1) is 6.36. The zero-order valence-electron chi connectivity index (χ0n) is 7.29. The van der Waals surface area contributed by atoms with Gasteiger partial charge in [-0.05, 0) is 18.2 Å². The Hall–Kier alpha value is -0.730. The number of anilines is 1. The lowest BCUT2D eigenvalue weighted by atomic mass is 10.2. The van der Waals surface area contributed by atoms with E-state index in [1.54, 1.807) is 6.07 Å². The minimum atomic E-state index is 0.733. The van der Waals surface area contributed by atoms with Crippen LogP contribution in [-0.4, -0.2) is 26.3 Å². The molecule has 2 rings (SSSR count). The molecule has 1 radical (unpaired) electrons. The molecule has 0 atom stereocenters. The van der Waals surface area contributed by atoms with Gasteiger partial charge in [0.2, 0.25) is 0 Å². The van der Waals surface area contributed by atoms with Crippen molar-refractivity contribution in [1.82, 2.24) is 0 Å². The van der Waals surface area contributed by atoms with Crippen molar-refractivity contribution in [2.24, 2.45) is 0 Å². The van der Waals surface area contributed by atoms with Crippen LogP contribution in [0.4, 0.5) is 5.69 Å². The molecule has 2 nitrogen and oxygen atoms in total. The summed E-state index contributed by atoms with van der Waals surface area (Å²) in [5.74, 6) is 0. The van der Waals surface area contributed by atoms with Crippen LogP contribution in [0.25, 0.3) is 0 Å². The van der Waals surface area contributed by atoms with Gasteiger partial charge in [0.1, 0.15) is 0 Å². The predicted octanol–water partition coefficient (Wildman–Crippen LogP) is 1.98. The van der Waals surface area contributed by atoms with Gasteiger partial charge >= 0.3 is 0 Å². The molecule has 1 heterocycles. The van der Waals surface area contributed by atoms with Gasteiger partial charge in [-0.1, -0.05) is 11.6 Å². The van der Waals surface area contributed by atoms with Crippen LogP contribution >= 0.6 is 11.6 Å². The van der Waals surface area contributed by atoms with E-state index >= 15 is 0 Å². The minimum absolute atomic E-state index is 0.733. The maximum atomic E-state index is 5.78. The van der Waals surface area contributed by atoms with Crippen LogP contribution in [-0.2, 0) is 4.74 Å². The highest BCUT2D eigenvalue weighted by Crippen LogP contribution is 2.17. The fraction of sp³-hybridized carbons (Fsp3) is 0.400. The molecule has 0 saturated carbocycles. The summed E-state index contributed by atoms with van der Waals surface area (Å²) in [6, 6.07) is 8.83. The number of benzene rings is 1. The van der Waals surface area contributed by atoms with Crippen molar-refractivity contribution in [2.75, 3.05) is 31.2 Å². The summed E-state index contributed by atoms with van der Waals surface area (Å²) in [6.07, 6.45) is 0. The lowest BCUT2D eigenvalue weighted by molar-refractivity contribution is 0.122. The Labute approximate surface area is 83.1 Å². The highest BCUT2D eigenvalue weighted by molar-refractivity contribution is 6.30. The summed E-state index contributed by atoms with van der Waals surface area (Å²) >= 11 is 5.78. The third-order valence-corrected chi connectivity index (χ3v) is 2.35. The summed E-state index contributed by atoms with van der Waals surface area (Å²) in [6.45, 7) is 3.49. The first-order valence-electron chi connectivity index (χ1n) is 4.36. The third kappa shape index (κ3) is 2.14. The number of ether oxygens (including phenoxy) is 1. The fourth-order valence-electron chi connectivity index (χ4n) is 1.40. The minimum Gasteiger partial charge on any atom is -0.378 e. The Balaban J connectivity index is 2.10. The quantitative estimate of drug-likeness (QED) is 0.681. The molecule has 0 aromatic heterocycles. The van der Waals surface area contributed by atoms with E-state index in [-0.39, 0.29) is 0 Å². The number of rotatable bonds is 1. The molecule has 1 aromatic carbocycles. The Morgan fingerprint density at radius 3 is 2.69 bits per heavy atom. The topological polar surface area (TPSA) is 12.5 Å². The lowest BCUT2D eigenvalue weighted by Crippen LogP contribution is -2.36. The average molecular weight is 197 g/mol. The molecule has 0 aliphatic carbocycles. The van der Waals surface area contributed by atoms with E-state index in [2.05, 4.69) is 11.0 Å². The van der Waals surface area contributed by atoms with Crippen molar-refractivity contribution in [2.45, 2.75) is 0 Å². The summed E-state index contributed by atoms with van der Waals surface area (Å²) < 4.78 is 5.26. The Morgan fingerprint density at radius 2 is 2.08 bits per heavy atom. The van der Waals surface area contributed by atoms with Gasteiger partial charge in [0.25, 0.3) is 0 Å². The van der Waals surface area contributed by atoms with Gasteiger partial charge in [-0.3, -0.25) is 0 Å². The first-order valence-corrected chi connectivity index (χ1v) is 4.74. The summed E-state index contributed by atoms with van der Waals surface area (Å²) in [5, 5.41) is 0.733. The second-order valence-corrected chi connectivity index (χ2v) is 3.43. The standard InChI is InChI=1S/C10H11ClNO/c11-9-1-3-10(4-2-9)12-5-7-13-8-6-12/h1-3H,5-8H2. The Bertz CT molecular complexity index is 267. The van der Waals surface area contributed by atoms with E-state index in [1.807, 2.05) is 12.1 Å². The number of hydrogen-bond donors (Lipinski definition) is 0. The number of nitrogens with zero attached hydrogens (tertiary/aromatic N) is 1. The molecule has 1 fully saturated rings. The monoisotopic (exact) mass is 196 g/mol. The summed E-state index contributed by atoms with van der Waals surface area (Å²) in [5.41, 5.74) is 1.10. The second kappa shape index (κ2) is 3.99. The van der Waals surface area contributed by atoms with E-state index in [0.717, 1.165) is 37.0 Å². The zero-order chi connectivity index (χ0) is 9.10. The largest absolute Gasteiger partial charge is 0.378 e. The molecule has 0 unspecified atom stereocenters. The number of hydrogen-bond acceptors (Lipinski definition) is 2. The summed E-state index contributed by atoms with van der Waals surface area (Å²) in [4.78, 5) is 2.25. The van der Waals surface area contributed by atoms with E-state index in [9.17, 15) is 0 Å². The molecule has 1 aromatic rings. The molecule has 0 spiro atoms. The highest BCUT2D eigenvalue weighted by Gasteiger charge is 2.10. The van der Waals surface area contributed by atoms with Crippen LogP contribution in [0, 0.1) is 6.07 Å². The van der Waals surface area contributed by atoms with Crippen LogP contribution in [0.2, 0.25) is 5.02 Å². The molecular formula is C10H11ClNO. The molecule has 0 N–H and O–H groups in total. The van der Waals surface area contributed by atoms with Crippen molar-refractivity contribution in [1.29, 1.82) is 0 Å². The van der Waals surface area contributed by atoms with Crippen molar-refractivity contribution in [3.05, 3.63) is 29.3 Å². The highest BCUT2D eigenvalue weighted by atomic mass is 35.5. The van der Waals surface area contributed by atoms with Gasteiger partial charge in [0.15, 0.2) is 0 Å². The van der Waals surface area contributed by atoms with Crippen LogP contribution < -0.4 is 4.90 Å². The van der Waals surface area contributed by atoms with E-state index in [0.29, 0.717) is 0 Å². The smallest absolute Gasteiger partial charge is 0.0642 e. The van der Waals surface area contributed by atoms with Crippen molar-refractivity contribution in [3.63, 3.8) is 0 Å². The maximum Gasteiger partial charge on any atom is 0.0642 e. The van der Waals surface area contributed by atoms with E-state index in [1.165, 1.54) is 0 Å². The van der Waals surface area contributed by atoms with Crippen LogP contribution in [0.1, 0.15) is 0 Å². The van der Waals surface area contributed by atoms with Crippen molar-refractivity contribution >= 4 is 17.3 Å². The van der Waals surface area contributed by atoms with Gasteiger partial charge in [0.05, 0.1) is 13.2 Å². The van der Waals surface area contributed by atoms with Gasteiger partial charge in [-0.2, -0.15) is 0 Å². The van der Waals surface area contributed by atoms with Crippen LogP contribution in [0.5, 0.6) is 0 Å². The van der Waals surface area contributed by atoms with Gasteiger partial charge in [0, 0.05) is 29.9 Å². The molecule has 13 heavy (non-hydrogen) atoms. The molecule has 1 aliphatic rings. The second-order valence-electron chi connectivity index (χ2n) is 2.99. The lowest BCUT2D eigenvalue weighted by Gasteiger charge is -2.28. The van der Waals surface area contributed by atoms with Gasteiger partial charge in [-0.25, -0.2) is 0 Å². The summed E-state index contributed by atoms with van der Waals surface area (Å²) in [7, 11) is 0. The maximum absolute atomic E-state index is 5.78. The molecule has 1 aliphatic heterocycles. The van der Waals surface area contributed by atoms with Crippen LogP contribution in [0.15, 0.2) is 18.2 Å². The molecule has 1 saturated heterocycles. The van der Waals surface area contributed by atoms with Crippen molar-refractivity contribution in [3.8, 4) is 0 Å². The fourth-order valence-corrected chi connectivity index (χ4v) is 1.52. The Morgan fingerprint density at radius 1 is 1.31 bits per heavy atom. The third-order valence-electron chi connectivity index (χ3n) is 2.11. The van der Waals surface area contributed by atoms with Crippen molar-refractivity contribution < 1.29 is 4.74 Å². The molecular weight excluding hydrogens is 186 g/mol. The SMILES string of the molecule is Clc1c[c]c(N2CCOCC2)cc1. The molecule has 69 valence electrons. The van der Waals surface area contributed by atoms with Crippen LogP contribution in [0.3, 0.4) is 0 Å². The molecule has 0 amide bonds. The first kappa shape index (κ1) is 8.85. The average Bonchev–Trinajstić information content (AvgIpc) is 2.20. The Kier molecular flexibility index (Phi) is 2.71. The van der Waals surface area contributed by atoms with Gasteiger partial charge in [-0.15, -0.1) is 0 Å². The zero-order valence-corrected chi connectivity index (χ0v) is 8.05. The van der Waals surface area contributed by atoms with Gasteiger partial charge < -0.3 is 9.64 Å². The normalized spacial score (nSPS) is 17.5. The number of morpholine rings is 1.